The van der Waals surface area contributed by atoms with Gasteiger partial charge in [-0.25, -0.2) is 4.98 Å². The maximum Gasteiger partial charge on any atom is 0.106 e. The average Bonchev–Trinajstić information content (AvgIpc) is 2.07. The number of hydrogen-bond donors (Lipinski definition) is 1. The minimum absolute atomic E-state index is 0.435. The van der Waals surface area contributed by atoms with Crippen LogP contribution < -0.4 is 5.32 Å². The van der Waals surface area contributed by atoms with Crippen LogP contribution >= 0.6 is 15.9 Å². The van der Waals surface area contributed by atoms with Gasteiger partial charge in [0.15, 0.2) is 0 Å². The predicted octanol–water partition coefficient (Wildman–Crippen LogP) is 2.51. The van der Waals surface area contributed by atoms with Crippen LogP contribution in [0.4, 0.5) is 0 Å². The van der Waals surface area contributed by atoms with Crippen LogP contribution in [0.25, 0.3) is 0 Å². The van der Waals surface area contributed by atoms with Crippen LogP contribution in [0.1, 0.15) is 24.9 Å². The van der Waals surface area contributed by atoms with E-state index in [0.717, 1.165) is 11.0 Å². The molecule has 1 atom stereocenters. The molecular weight excluding hydrogens is 216 g/mol. The van der Waals surface area contributed by atoms with Crippen LogP contribution in [0.5, 0.6) is 0 Å². The SMILES string of the molecule is CCC(NC)c1ccnc(Br)c1. The molecule has 0 bridgehead atoms. The average molecular weight is 229 g/mol. The molecular formula is C9H13BrN2. The number of aromatic nitrogens is 1. The van der Waals surface area contributed by atoms with Gasteiger partial charge in [-0.1, -0.05) is 6.92 Å². The minimum atomic E-state index is 0.435. The van der Waals surface area contributed by atoms with E-state index < -0.39 is 0 Å². The Kier molecular flexibility index (Phi) is 3.69. The maximum atomic E-state index is 4.08. The van der Waals surface area contributed by atoms with Crippen molar-refractivity contribution in [3.8, 4) is 0 Å². The molecule has 1 aromatic rings. The van der Waals surface area contributed by atoms with Gasteiger partial charge in [-0.05, 0) is 47.1 Å². The van der Waals surface area contributed by atoms with Crippen molar-refractivity contribution in [1.29, 1.82) is 0 Å². The Bertz CT molecular complexity index is 246. The predicted molar refractivity (Wildman–Crippen MR) is 54.0 cm³/mol. The highest BCUT2D eigenvalue weighted by Gasteiger charge is 2.05. The van der Waals surface area contributed by atoms with Gasteiger partial charge >= 0.3 is 0 Å². The van der Waals surface area contributed by atoms with Gasteiger partial charge in [0.05, 0.1) is 0 Å². The van der Waals surface area contributed by atoms with Gasteiger partial charge in [-0.15, -0.1) is 0 Å². The van der Waals surface area contributed by atoms with E-state index in [-0.39, 0.29) is 0 Å². The van der Waals surface area contributed by atoms with Crippen molar-refractivity contribution >= 4 is 15.9 Å². The topological polar surface area (TPSA) is 24.9 Å². The third kappa shape index (κ3) is 2.29. The van der Waals surface area contributed by atoms with Gasteiger partial charge in [0, 0.05) is 12.2 Å². The summed E-state index contributed by atoms with van der Waals surface area (Å²) >= 11 is 3.35. The molecule has 0 spiro atoms. The second-order valence-electron chi connectivity index (χ2n) is 2.66. The van der Waals surface area contributed by atoms with Crippen LogP contribution in [0.2, 0.25) is 0 Å². The zero-order valence-electron chi connectivity index (χ0n) is 7.34. The van der Waals surface area contributed by atoms with Crippen LogP contribution in [0.3, 0.4) is 0 Å². The Balaban J connectivity index is 2.85. The maximum absolute atomic E-state index is 4.08. The number of halogens is 1. The largest absolute Gasteiger partial charge is 0.313 e. The fraction of sp³-hybridized carbons (Fsp3) is 0.444. The second kappa shape index (κ2) is 4.58. The fourth-order valence-corrected chi connectivity index (χ4v) is 1.62. The fourth-order valence-electron chi connectivity index (χ4n) is 1.24. The van der Waals surface area contributed by atoms with Crippen molar-refractivity contribution in [3.63, 3.8) is 0 Å². The number of rotatable bonds is 3. The molecule has 66 valence electrons. The highest BCUT2D eigenvalue weighted by Crippen LogP contribution is 2.17. The van der Waals surface area contributed by atoms with Crippen LogP contribution in [0, 0.1) is 0 Å². The van der Waals surface area contributed by atoms with Gasteiger partial charge in [0.2, 0.25) is 0 Å². The Morgan fingerprint density at radius 1 is 1.67 bits per heavy atom. The summed E-state index contributed by atoms with van der Waals surface area (Å²) in [6.45, 7) is 2.16. The third-order valence-corrected chi connectivity index (χ3v) is 2.34. The lowest BCUT2D eigenvalue weighted by molar-refractivity contribution is 0.576. The Hall–Kier alpha value is -0.410. The van der Waals surface area contributed by atoms with E-state index in [2.05, 4.69) is 33.2 Å². The van der Waals surface area contributed by atoms with Crippen molar-refractivity contribution in [2.45, 2.75) is 19.4 Å². The van der Waals surface area contributed by atoms with Crippen LogP contribution in [-0.2, 0) is 0 Å². The number of pyridine rings is 1. The monoisotopic (exact) mass is 228 g/mol. The van der Waals surface area contributed by atoms with Crippen molar-refractivity contribution < 1.29 is 0 Å². The van der Waals surface area contributed by atoms with E-state index in [0.29, 0.717) is 6.04 Å². The Morgan fingerprint density at radius 2 is 2.42 bits per heavy atom. The third-order valence-electron chi connectivity index (χ3n) is 1.91. The minimum Gasteiger partial charge on any atom is -0.313 e. The van der Waals surface area contributed by atoms with E-state index in [1.54, 1.807) is 0 Å². The van der Waals surface area contributed by atoms with Crippen molar-refractivity contribution in [1.82, 2.24) is 10.3 Å². The molecule has 3 heteroatoms. The van der Waals surface area contributed by atoms with Crippen LogP contribution in [-0.4, -0.2) is 12.0 Å². The number of nitrogens with zero attached hydrogens (tertiary/aromatic N) is 1. The van der Waals surface area contributed by atoms with E-state index in [4.69, 9.17) is 0 Å². The summed E-state index contributed by atoms with van der Waals surface area (Å²) < 4.78 is 0.897. The first-order chi connectivity index (χ1) is 5.77. The van der Waals surface area contributed by atoms with Crippen molar-refractivity contribution in [2.75, 3.05) is 7.05 Å². The van der Waals surface area contributed by atoms with Crippen molar-refractivity contribution in [3.05, 3.63) is 28.5 Å². The summed E-state index contributed by atoms with van der Waals surface area (Å²) in [4.78, 5) is 4.08. The van der Waals surface area contributed by atoms with Gasteiger partial charge < -0.3 is 5.32 Å². The molecule has 1 unspecified atom stereocenters. The summed E-state index contributed by atoms with van der Waals surface area (Å²) in [5.74, 6) is 0. The van der Waals surface area contributed by atoms with E-state index in [1.165, 1.54) is 5.56 Å². The lowest BCUT2D eigenvalue weighted by Crippen LogP contribution is -2.15. The van der Waals surface area contributed by atoms with E-state index in [1.807, 2.05) is 25.4 Å². The highest BCUT2D eigenvalue weighted by molar-refractivity contribution is 9.10. The summed E-state index contributed by atoms with van der Waals surface area (Å²) in [5, 5.41) is 3.25. The number of nitrogens with one attached hydrogen (secondary N) is 1. The molecule has 12 heavy (non-hydrogen) atoms. The molecule has 1 heterocycles. The zero-order valence-corrected chi connectivity index (χ0v) is 8.93. The second-order valence-corrected chi connectivity index (χ2v) is 3.47. The molecule has 0 saturated heterocycles. The molecule has 0 aliphatic carbocycles. The van der Waals surface area contributed by atoms with E-state index in [9.17, 15) is 0 Å². The van der Waals surface area contributed by atoms with Gasteiger partial charge in [-0.2, -0.15) is 0 Å². The molecule has 0 aromatic carbocycles. The molecule has 0 radical (unpaired) electrons. The molecule has 1 N–H and O–H groups in total. The Labute approximate surface area is 81.5 Å². The lowest BCUT2D eigenvalue weighted by atomic mass is 10.1. The van der Waals surface area contributed by atoms with Gasteiger partial charge in [-0.3, -0.25) is 0 Å². The van der Waals surface area contributed by atoms with E-state index >= 15 is 0 Å². The normalized spacial score (nSPS) is 12.9. The molecule has 0 aliphatic rings. The molecule has 0 fully saturated rings. The molecule has 1 aromatic heterocycles. The molecule has 0 amide bonds. The quantitative estimate of drug-likeness (QED) is 0.805. The summed E-state index contributed by atoms with van der Waals surface area (Å²) in [6, 6.07) is 4.52. The molecule has 0 aliphatic heterocycles. The first kappa shape index (κ1) is 9.68. The molecule has 0 saturated carbocycles. The highest BCUT2D eigenvalue weighted by atomic mass is 79.9. The first-order valence-electron chi connectivity index (χ1n) is 4.06. The molecule has 1 rings (SSSR count). The zero-order chi connectivity index (χ0) is 8.97. The summed E-state index contributed by atoms with van der Waals surface area (Å²) in [5.41, 5.74) is 1.28. The van der Waals surface area contributed by atoms with Gasteiger partial charge in [0.25, 0.3) is 0 Å². The summed E-state index contributed by atoms with van der Waals surface area (Å²) in [7, 11) is 1.97. The lowest BCUT2D eigenvalue weighted by Gasteiger charge is -2.13. The van der Waals surface area contributed by atoms with Crippen LogP contribution in [0.15, 0.2) is 22.9 Å². The molecule has 2 nitrogen and oxygen atoms in total. The standard InChI is InChI=1S/C9H13BrN2/c1-3-8(11-2)7-4-5-12-9(10)6-7/h4-6,8,11H,3H2,1-2H3. The summed E-state index contributed by atoms with van der Waals surface area (Å²) in [6.07, 6.45) is 2.91. The smallest absolute Gasteiger partial charge is 0.106 e. The van der Waals surface area contributed by atoms with Gasteiger partial charge in [0.1, 0.15) is 4.60 Å². The van der Waals surface area contributed by atoms with Crippen molar-refractivity contribution in [2.24, 2.45) is 0 Å². The first-order valence-corrected chi connectivity index (χ1v) is 4.86. The Morgan fingerprint density at radius 3 is 2.92 bits per heavy atom. The number of hydrogen-bond acceptors (Lipinski definition) is 2.